The van der Waals surface area contributed by atoms with Crippen molar-refractivity contribution in [2.75, 3.05) is 17.8 Å². The van der Waals surface area contributed by atoms with Crippen LogP contribution in [0.2, 0.25) is 0 Å². The van der Waals surface area contributed by atoms with Crippen LogP contribution in [-0.4, -0.2) is 34.2 Å². The van der Waals surface area contributed by atoms with E-state index in [4.69, 9.17) is 0 Å². The lowest BCUT2D eigenvalue weighted by atomic mass is 9.94. The first-order chi connectivity index (χ1) is 14.8. The van der Waals surface area contributed by atoms with Gasteiger partial charge in [0.05, 0.1) is 9.79 Å². The number of benzene rings is 2. The summed E-state index contributed by atoms with van der Waals surface area (Å²) in [4.78, 5) is 0.460. The minimum absolute atomic E-state index is 0.177. The molecule has 0 saturated carbocycles. The second kappa shape index (κ2) is 8.80. The molecule has 6 nitrogen and oxygen atoms in total. The van der Waals surface area contributed by atoms with Gasteiger partial charge in [-0.25, -0.2) is 16.8 Å². The second-order valence-corrected chi connectivity index (χ2v) is 12.9. The summed E-state index contributed by atoms with van der Waals surface area (Å²) >= 11 is 0. The number of hydrogen-bond acceptors (Lipinski definition) is 4. The highest BCUT2D eigenvalue weighted by atomic mass is 32.2. The van der Waals surface area contributed by atoms with Crippen molar-refractivity contribution in [3.05, 3.63) is 52.1 Å². The summed E-state index contributed by atoms with van der Waals surface area (Å²) in [6.07, 6.45) is 1.02. The van der Waals surface area contributed by atoms with Gasteiger partial charge in [0.1, 0.15) is 0 Å². The van der Waals surface area contributed by atoms with Crippen molar-refractivity contribution in [3.63, 3.8) is 0 Å². The molecule has 0 amide bonds. The van der Waals surface area contributed by atoms with Gasteiger partial charge in [-0.1, -0.05) is 13.8 Å². The molecule has 32 heavy (non-hydrogen) atoms. The first kappa shape index (κ1) is 24.7. The van der Waals surface area contributed by atoms with Crippen molar-refractivity contribution >= 4 is 25.7 Å². The molecule has 0 aliphatic carbocycles. The monoisotopic (exact) mass is 478 g/mol. The van der Waals surface area contributed by atoms with Crippen LogP contribution >= 0.6 is 0 Å². The highest BCUT2D eigenvalue weighted by Gasteiger charge is 2.31. The molecule has 1 heterocycles. The van der Waals surface area contributed by atoms with Crippen molar-refractivity contribution in [1.29, 1.82) is 0 Å². The molecule has 0 bridgehead atoms. The summed E-state index contributed by atoms with van der Waals surface area (Å²) in [6.45, 7) is 14.6. The van der Waals surface area contributed by atoms with Crippen LogP contribution in [0.25, 0.3) is 0 Å². The average Bonchev–Trinajstić information content (AvgIpc) is 2.70. The molecule has 1 fully saturated rings. The number of nitrogens with one attached hydrogen (secondary N) is 1. The first-order valence-electron chi connectivity index (χ1n) is 11.0. The lowest BCUT2D eigenvalue weighted by Gasteiger charge is -2.34. The van der Waals surface area contributed by atoms with E-state index in [0.717, 1.165) is 34.2 Å². The van der Waals surface area contributed by atoms with Gasteiger partial charge in [0, 0.05) is 18.8 Å². The Balaban J connectivity index is 1.89. The Morgan fingerprint density at radius 3 is 1.66 bits per heavy atom. The topological polar surface area (TPSA) is 83.5 Å². The zero-order chi connectivity index (χ0) is 24.0. The van der Waals surface area contributed by atoms with Gasteiger partial charge in [0.15, 0.2) is 0 Å². The highest BCUT2D eigenvalue weighted by Crippen LogP contribution is 2.31. The van der Waals surface area contributed by atoms with E-state index in [1.807, 2.05) is 34.6 Å². The van der Waals surface area contributed by atoms with Crippen LogP contribution in [0.4, 0.5) is 5.69 Å². The standard InChI is InChI=1S/C24H34N2O4S2/c1-15-12-16(2)14-26(13-15)32(29,30)23-10-8-22(9-11-23)25-31(27,28)24-20(6)18(4)17(3)19(5)21(24)7/h8-11,15-16,25H,12-14H2,1-7H3/t15-,16+. The average molecular weight is 479 g/mol. The fourth-order valence-electron chi connectivity index (χ4n) is 4.72. The molecule has 1 aliphatic heterocycles. The zero-order valence-corrected chi connectivity index (χ0v) is 21.6. The van der Waals surface area contributed by atoms with Gasteiger partial charge in [-0.2, -0.15) is 4.31 Å². The van der Waals surface area contributed by atoms with E-state index in [1.165, 1.54) is 28.6 Å². The maximum absolute atomic E-state index is 13.2. The Morgan fingerprint density at radius 2 is 1.19 bits per heavy atom. The molecular weight excluding hydrogens is 444 g/mol. The van der Waals surface area contributed by atoms with Crippen LogP contribution in [0.3, 0.4) is 0 Å². The lowest BCUT2D eigenvalue weighted by Crippen LogP contribution is -2.42. The Hall–Kier alpha value is -1.90. The Bertz CT molecular complexity index is 1190. The van der Waals surface area contributed by atoms with Gasteiger partial charge < -0.3 is 0 Å². The van der Waals surface area contributed by atoms with E-state index in [9.17, 15) is 16.8 Å². The van der Waals surface area contributed by atoms with E-state index in [1.54, 1.807) is 0 Å². The summed E-state index contributed by atoms with van der Waals surface area (Å²) in [6, 6.07) is 5.98. The van der Waals surface area contributed by atoms with Crippen molar-refractivity contribution in [2.45, 2.75) is 64.7 Å². The summed E-state index contributed by atoms with van der Waals surface area (Å²) in [5, 5.41) is 0. The third-order valence-electron chi connectivity index (χ3n) is 6.78. The summed E-state index contributed by atoms with van der Waals surface area (Å²) in [7, 11) is -7.44. The van der Waals surface area contributed by atoms with E-state index in [2.05, 4.69) is 18.6 Å². The molecule has 2 atom stereocenters. The fourth-order valence-corrected chi connectivity index (χ4v) is 8.06. The Kier molecular flexibility index (Phi) is 6.80. The van der Waals surface area contributed by atoms with Gasteiger partial charge in [-0.15, -0.1) is 0 Å². The smallest absolute Gasteiger partial charge is 0.262 e. The number of sulfonamides is 2. The maximum atomic E-state index is 13.2. The van der Waals surface area contributed by atoms with Crippen LogP contribution in [0.5, 0.6) is 0 Å². The van der Waals surface area contributed by atoms with Gasteiger partial charge in [0.25, 0.3) is 10.0 Å². The van der Waals surface area contributed by atoms with Gasteiger partial charge in [0.2, 0.25) is 10.0 Å². The van der Waals surface area contributed by atoms with E-state index in [0.29, 0.717) is 30.6 Å². The summed E-state index contributed by atoms with van der Waals surface area (Å²) in [5.74, 6) is 0.625. The molecule has 0 unspecified atom stereocenters. The molecule has 2 aromatic carbocycles. The van der Waals surface area contributed by atoms with Crippen LogP contribution in [0, 0.1) is 46.5 Å². The molecule has 0 radical (unpaired) electrons. The summed E-state index contributed by atoms with van der Waals surface area (Å²) < 4.78 is 56.8. The van der Waals surface area contributed by atoms with Crippen LogP contribution in [-0.2, 0) is 20.0 Å². The maximum Gasteiger partial charge on any atom is 0.262 e. The lowest BCUT2D eigenvalue weighted by molar-refractivity contribution is 0.222. The number of rotatable bonds is 5. The normalized spacial score (nSPS) is 20.3. The van der Waals surface area contributed by atoms with E-state index >= 15 is 0 Å². The molecule has 1 saturated heterocycles. The van der Waals surface area contributed by atoms with E-state index in [-0.39, 0.29) is 9.79 Å². The predicted octanol–water partition coefficient (Wildman–Crippen LogP) is 4.70. The molecule has 3 rings (SSSR count). The molecule has 2 aromatic rings. The highest BCUT2D eigenvalue weighted by molar-refractivity contribution is 7.92. The zero-order valence-electron chi connectivity index (χ0n) is 20.0. The number of hydrogen-bond donors (Lipinski definition) is 1. The van der Waals surface area contributed by atoms with Gasteiger partial charge in [-0.05, 0) is 105 Å². The van der Waals surface area contributed by atoms with Crippen molar-refractivity contribution in [2.24, 2.45) is 11.8 Å². The van der Waals surface area contributed by atoms with Crippen LogP contribution < -0.4 is 4.72 Å². The third-order valence-corrected chi connectivity index (χ3v) is 10.3. The number of anilines is 1. The molecule has 1 aliphatic rings. The van der Waals surface area contributed by atoms with Crippen molar-refractivity contribution in [3.8, 4) is 0 Å². The minimum atomic E-state index is -3.83. The van der Waals surface area contributed by atoms with Crippen molar-refractivity contribution in [1.82, 2.24) is 4.31 Å². The molecule has 1 N–H and O–H groups in total. The predicted molar refractivity (Wildman–Crippen MR) is 129 cm³/mol. The largest absolute Gasteiger partial charge is 0.280 e. The fraction of sp³-hybridized carbons (Fsp3) is 0.500. The SMILES string of the molecule is Cc1c(C)c(C)c(S(=O)(=O)Nc2ccc(S(=O)(=O)N3C[C@H](C)C[C@H](C)C3)cc2)c(C)c1C. The first-order valence-corrected chi connectivity index (χ1v) is 13.9. The Labute approximate surface area is 193 Å². The van der Waals surface area contributed by atoms with Crippen LogP contribution in [0.15, 0.2) is 34.1 Å². The van der Waals surface area contributed by atoms with Crippen molar-refractivity contribution < 1.29 is 16.8 Å². The molecule has 0 spiro atoms. The number of piperidine rings is 1. The van der Waals surface area contributed by atoms with Crippen LogP contribution in [0.1, 0.15) is 48.1 Å². The van der Waals surface area contributed by atoms with Gasteiger partial charge >= 0.3 is 0 Å². The molecular formula is C24H34N2O4S2. The molecule has 8 heteroatoms. The Morgan fingerprint density at radius 1 is 0.750 bits per heavy atom. The van der Waals surface area contributed by atoms with E-state index < -0.39 is 20.0 Å². The molecule has 176 valence electrons. The number of nitrogens with zero attached hydrogens (tertiary/aromatic N) is 1. The quantitative estimate of drug-likeness (QED) is 0.675. The second-order valence-electron chi connectivity index (χ2n) is 9.35. The summed E-state index contributed by atoms with van der Waals surface area (Å²) in [5.41, 5.74) is 4.80. The third kappa shape index (κ3) is 4.58. The molecule has 0 aromatic heterocycles. The van der Waals surface area contributed by atoms with Gasteiger partial charge in [-0.3, -0.25) is 4.72 Å². The minimum Gasteiger partial charge on any atom is -0.280 e.